The van der Waals surface area contributed by atoms with Crippen LogP contribution in [0.1, 0.15) is 11.6 Å². The van der Waals surface area contributed by atoms with E-state index in [0.29, 0.717) is 0 Å². The molecule has 3 amide bonds. The number of halogens is 1. The number of amides is 3. The SMILES string of the molecule is NC(=O)OCCNC(=O)N[C@@H](C(=O)O)c1ccccc1Cl. The number of carboxylic acid groups (broad SMARTS) is 1. The van der Waals surface area contributed by atoms with E-state index >= 15 is 0 Å². The quantitative estimate of drug-likeness (QED) is 0.578. The first-order chi connectivity index (χ1) is 9.91. The van der Waals surface area contributed by atoms with Crippen molar-refractivity contribution in [2.24, 2.45) is 5.73 Å². The number of nitrogens with two attached hydrogens (primary N) is 1. The third kappa shape index (κ3) is 5.57. The minimum absolute atomic E-state index is 0.0103. The molecule has 114 valence electrons. The molecule has 8 nitrogen and oxygen atoms in total. The number of carbonyl (C=O) groups excluding carboxylic acids is 2. The average molecular weight is 316 g/mol. The van der Waals surface area contributed by atoms with Gasteiger partial charge in [-0.1, -0.05) is 29.8 Å². The number of benzene rings is 1. The van der Waals surface area contributed by atoms with Crippen LogP contribution in [-0.2, 0) is 9.53 Å². The molecule has 1 aromatic rings. The van der Waals surface area contributed by atoms with E-state index in [0.717, 1.165) is 0 Å². The Kier molecular flexibility index (Phi) is 6.28. The van der Waals surface area contributed by atoms with Crippen molar-refractivity contribution in [2.75, 3.05) is 13.2 Å². The van der Waals surface area contributed by atoms with Crippen molar-refractivity contribution in [3.8, 4) is 0 Å². The van der Waals surface area contributed by atoms with Gasteiger partial charge in [-0.2, -0.15) is 0 Å². The van der Waals surface area contributed by atoms with Crippen LogP contribution in [0.15, 0.2) is 24.3 Å². The van der Waals surface area contributed by atoms with Crippen LogP contribution < -0.4 is 16.4 Å². The number of hydrogen-bond donors (Lipinski definition) is 4. The van der Waals surface area contributed by atoms with Crippen LogP contribution in [-0.4, -0.2) is 36.4 Å². The Morgan fingerprint density at radius 3 is 2.57 bits per heavy atom. The highest BCUT2D eigenvalue weighted by Gasteiger charge is 2.23. The molecule has 0 aliphatic heterocycles. The molecule has 0 unspecified atom stereocenters. The molecule has 1 rings (SSSR count). The molecule has 0 radical (unpaired) electrons. The van der Waals surface area contributed by atoms with Crippen molar-refractivity contribution >= 4 is 29.7 Å². The van der Waals surface area contributed by atoms with E-state index in [4.69, 9.17) is 22.4 Å². The zero-order valence-electron chi connectivity index (χ0n) is 10.8. The van der Waals surface area contributed by atoms with E-state index in [2.05, 4.69) is 15.4 Å². The summed E-state index contributed by atoms with van der Waals surface area (Å²) < 4.78 is 4.41. The zero-order chi connectivity index (χ0) is 15.8. The van der Waals surface area contributed by atoms with Gasteiger partial charge in [-0.05, 0) is 6.07 Å². The fourth-order valence-electron chi connectivity index (χ4n) is 1.48. The largest absolute Gasteiger partial charge is 0.479 e. The lowest BCUT2D eigenvalue weighted by Gasteiger charge is -2.16. The van der Waals surface area contributed by atoms with Gasteiger partial charge in [0.15, 0.2) is 6.04 Å². The summed E-state index contributed by atoms with van der Waals surface area (Å²) in [5.41, 5.74) is 5.00. The van der Waals surface area contributed by atoms with Gasteiger partial charge in [0, 0.05) is 10.6 Å². The third-order valence-corrected chi connectivity index (χ3v) is 2.71. The molecule has 9 heteroatoms. The Balaban J connectivity index is 2.59. The van der Waals surface area contributed by atoms with E-state index in [9.17, 15) is 14.4 Å². The van der Waals surface area contributed by atoms with Gasteiger partial charge in [-0.3, -0.25) is 0 Å². The van der Waals surface area contributed by atoms with E-state index in [1.54, 1.807) is 12.1 Å². The van der Waals surface area contributed by atoms with Crippen molar-refractivity contribution in [2.45, 2.75) is 6.04 Å². The molecule has 5 N–H and O–H groups in total. The number of hydrogen-bond acceptors (Lipinski definition) is 4. The average Bonchev–Trinajstić information content (AvgIpc) is 2.41. The smallest absolute Gasteiger partial charge is 0.404 e. The number of rotatable bonds is 6. The van der Waals surface area contributed by atoms with Gasteiger partial charge in [-0.25, -0.2) is 14.4 Å². The Labute approximate surface area is 125 Å². The fourth-order valence-corrected chi connectivity index (χ4v) is 1.72. The lowest BCUT2D eigenvalue weighted by atomic mass is 10.1. The first kappa shape index (κ1) is 16.6. The van der Waals surface area contributed by atoms with Crippen LogP contribution in [0, 0.1) is 0 Å². The molecular weight excluding hydrogens is 302 g/mol. The second-order valence-corrected chi connectivity index (χ2v) is 4.27. The molecule has 0 spiro atoms. The minimum atomic E-state index is -1.30. The summed E-state index contributed by atoms with van der Waals surface area (Å²) in [5.74, 6) is -1.26. The molecule has 1 atom stereocenters. The molecule has 0 bridgehead atoms. The first-order valence-corrected chi connectivity index (χ1v) is 6.23. The van der Waals surface area contributed by atoms with Crippen LogP contribution in [0.25, 0.3) is 0 Å². The molecule has 0 saturated carbocycles. The normalized spacial score (nSPS) is 11.3. The van der Waals surface area contributed by atoms with Crippen LogP contribution in [0.5, 0.6) is 0 Å². The predicted octanol–water partition coefficient (Wildman–Crippen LogP) is 0.860. The molecule has 1 aromatic carbocycles. The van der Waals surface area contributed by atoms with Gasteiger partial charge >= 0.3 is 18.1 Å². The molecular formula is C12H14ClN3O5. The van der Waals surface area contributed by atoms with Gasteiger partial charge in [0.05, 0.1) is 6.54 Å². The maximum atomic E-state index is 11.6. The molecule has 0 aliphatic rings. The highest BCUT2D eigenvalue weighted by molar-refractivity contribution is 6.31. The van der Waals surface area contributed by atoms with E-state index in [-0.39, 0.29) is 23.7 Å². The molecule has 21 heavy (non-hydrogen) atoms. The Morgan fingerprint density at radius 1 is 1.33 bits per heavy atom. The third-order valence-electron chi connectivity index (χ3n) is 2.37. The minimum Gasteiger partial charge on any atom is -0.479 e. The van der Waals surface area contributed by atoms with Gasteiger partial charge in [-0.15, -0.1) is 0 Å². The van der Waals surface area contributed by atoms with E-state index in [1.165, 1.54) is 12.1 Å². The summed E-state index contributed by atoms with van der Waals surface area (Å²) in [4.78, 5) is 33.1. The van der Waals surface area contributed by atoms with E-state index in [1.807, 2.05) is 0 Å². The van der Waals surface area contributed by atoms with Crippen molar-refractivity contribution in [1.82, 2.24) is 10.6 Å². The summed E-state index contributed by atoms with van der Waals surface area (Å²) in [7, 11) is 0. The molecule has 0 fully saturated rings. The molecule has 0 saturated heterocycles. The van der Waals surface area contributed by atoms with Gasteiger partial charge in [0.25, 0.3) is 0 Å². The second-order valence-electron chi connectivity index (χ2n) is 3.86. The Hall–Kier alpha value is -2.48. The van der Waals surface area contributed by atoms with Crippen LogP contribution in [0.3, 0.4) is 0 Å². The van der Waals surface area contributed by atoms with Crippen LogP contribution in [0.4, 0.5) is 9.59 Å². The molecule has 0 heterocycles. The maximum absolute atomic E-state index is 11.6. The molecule has 0 aromatic heterocycles. The maximum Gasteiger partial charge on any atom is 0.404 e. The number of primary amides is 1. The highest BCUT2D eigenvalue weighted by atomic mass is 35.5. The summed E-state index contributed by atoms with van der Waals surface area (Å²) >= 11 is 5.90. The standard InChI is InChI=1S/C12H14ClN3O5/c13-8-4-2-1-3-7(8)9(10(17)18)16-12(20)15-5-6-21-11(14)19/h1-4,9H,5-6H2,(H2,14,19)(H,17,18)(H2,15,16,20)/t9-/m1/s1. The first-order valence-electron chi connectivity index (χ1n) is 5.85. The number of carbonyl (C=O) groups is 3. The fraction of sp³-hybridized carbons (Fsp3) is 0.250. The Bertz CT molecular complexity index is 537. The molecule has 0 aliphatic carbocycles. The van der Waals surface area contributed by atoms with Gasteiger partial charge in [0.2, 0.25) is 0 Å². The van der Waals surface area contributed by atoms with E-state index < -0.39 is 24.1 Å². The number of carboxylic acids is 1. The van der Waals surface area contributed by atoms with Gasteiger partial charge in [0.1, 0.15) is 6.61 Å². The Morgan fingerprint density at radius 2 is 2.00 bits per heavy atom. The highest BCUT2D eigenvalue weighted by Crippen LogP contribution is 2.22. The van der Waals surface area contributed by atoms with Crippen molar-refractivity contribution in [3.05, 3.63) is 34.9 Å². The monoisotopic (exact) mass is 315 g/mol. The summed E-state index contributed by atoms with van der Waals surface area (Å²) in [6.07, 6.45) is -0.961. The lowest BCUT2D eigenvalue weighted by Crippen LogP contribution is -2.42. The van der Waals surface area contributed by atoms with Crippen molar-refractivity contribution in [3.63, 3.8) is 0 Å². The summed E-state index contributed by atoms with van der Waals surface area (Å²) in [5, 5.41) is 14.0. The number of ether oxygens (including phenoxy) is 1. The lowest BCUT2D eigenvalue weighted by molar-refractivity contribution is -0.139. The summed E-state index contributed by atoms with van der Waals surface area (Å²) in [6.45, 7) is -0.129. The topological polar surface area (TPSA) is 131 Å². The second kappa shape index (κ2) is 7.95. The van der Waals surface area contributed by atoms with Crippen molar-refractivity contribution < 1.29 is 24.2 Å². The van der Waals surface area contributed by atoms with Crippen LogP contribution in [0.2, 0.25) is 5.02 Å². The van der Waals surface area contributed by atoms with Gasteiger partial charge < -0.3 is 26.2 Å². The van der Waals surface area contributed by atoms with Crippen molar-refractivity contribution in [1.29, 1.82) is 0 Å². The number of nitrogens with one attached hydrogen (secondary N) is 2. The predicted molar refractivity (Wildman–Crippen MR) is 73.9 cm³/mol. The summed E-state index contributed by atoms with van der Waals surface area (Å²) in [6, 6.07) is 4.24. The zero-order valence-corrected chi connectivity index (χ0v) is 11.6. The van der Waals surface area contributed by atoms with Crippen LogP contribution >= 0.6 is 11.6 Å². The number of aliphatic carboxylic acids is 1. The number of urea groups is 1.